The van der Waals surface area contributed by atoms with Crippen molar-refractivity contribution in [2.45, 2.75) is 18.2 Å². The van der Waals surface area contributed by atoms with Gasteiger partial charge in [-0.15, -0.1) is 0 Å². The lowest BCUT2D eigenvalue weighted by Crippen LogP contribution is -2.48. The Morgan fingerprint density at radius 1 is 0.976 bits per heavy atom. The Kier molecular flexibility index (Phi) is 7.83. The van der Waals surface area contributed by atoms with E-state index in [-0.39, 0.29) is 10.8 Å². The number of fused-ring (bicyclic) bond motifs is 2. The van der Waals surface area contributed by atoms with Crippen LogP contribution in [0.25, 0.3) is 10.2 Å². The van der Waals surface area contributed by atoms with Crippen molar-refractivity contribution in [2.24, 2.45) is 0 Å². The molecule has 214 valence electrons. The number of thiazole rings is 1. The highest BCUT2D eigenvalue weighted by Crippen LogP contribution is 2.35. The van der Waals surface area contributed by atoms with Gasteiger partial charge in [0.1, 0.15) is 11.3 Å². The Bertz CT molecular complexity index is 1650. The summed E-state index contributed by atoms with van der Waals surface area (Å²) >= 11 is 1.69. The summed E-state index contributed by atoms with van der Waals surface area (Å²) in [5, 5.41) is 3.99. The zero-order valence-corrected chi connectivity index (χ0v) is 24.6. The first-order valence-electron chi connectivity index (χ1n) is 13.9. The molecule has 0 radical (unpaired) electrons. The fourth-order valence-electron chi connectivity index (χ4n) is 5.37. The first kappa shape index (κ1) is 27.5. The highest BCUT2D eigenvalue weighted by atomic mass is 32.2. The van der Waals surface area contributed by atoms with E-state index in [1.165, 1.54) is 16.4 Å². The third kappa shape index (κ3) is 5.61. The number of hydrogen-bond acceptors (Lipinski definition) is 8. The van der Waals surface area contributed by atoms with Crippen LogP contribution >= 0.6 is 11.3 Å². The Morgan fingerprint density at radius 3 is 2.54 bits per heavy atom. The number of nitrogens with zero attached hydrogens (tertiary/aromatic N) is 4. The van der Waals surface area contributed by atoms with E-state index in [2.05, 4.69) is 21.2 Å². The third-order valence-corrected chi connectivity index (χ3v) is 10.5. The van der Waals surface area contributed by atoms with Crippen molar-refractivity contribution in [3.63, 3.8) is 0 Å². The van der Waals surface area contributed by atoms with Gasteiger partial charge in [-0.25, -0.2) is 13.4 Å². The number of anilines is 2. The lowest BCUT2D eigenvalue weighted by atomic mass is 10.2. The van der Waals surface area contributed by atoms with Gasteiger partial charge in [0.2, 0.25) is 0 Å². The Balaban J connectivity index is 0.990. The average molecular weight is 592 g/mol. The second-order valence-corrected chi connectivity index (χ2v) is 13.0. The Hall–Kier alpha value is -3.67. The van der Waals surface area contributed by atoms with E-state index in [0.29, 0.717) is 31.7 Å². The fraction of sp³-hybridized carbons (Fsp3) is 0.333. The maximum Gasteiger partial charge on any atom is 0.264 e. The quantitative estimate of drug-likeness (QED) is 0.315. The summed E-state index contributed by atoms with van der Waals surface area (Å²) < 4.78 is 34.8. The molecule has 2 aliphatic heterocycles. The molecule has 3 aromatic carbocycles. The predicted molar refractivity (Wildman–Crippen MR) is 163 cm³/mol. The second-order valence-electron chi connectivity index (χ2n) is 10.1. The van der Waals surface area contributed by atoms with E-state index in [1.807, 2.05) is 43.3 Å². The van der Waals surface area contributed by atoms with Crippen molar-refractivity contribution in [3.8, 4) is 5.75 Å². The summed E-state index contributed by atoms with van der Waals surface area (Å²) in [6.45, 7) is 7.79. The lowest BCUT2D eigenvalue weighted by Gasteiger charge is -2.34. The van der Waals surface area contributed by atoms with Gasteiger partial charge in [0, 0.05) is 51.4 Å². The normalized spacial score (nSPS) is 15.7. The van der Waals surface area contributed by atoms with Crippen LogP contribution in [0.4, 0.5) is 10.8 Å². The standard InChI is InChI=1S/C30H33N5O4S2/c1-2-39-26-8-5-9-27-28(26)32-30(40-27)34-20-18-33(19-21-34)17-15-31-29(36)23-10-12-24(13-11-23)41(37,38)35-16-14-22-6-3-4-7-25(22)35/h3-13H,2,14-21H2,1H3,(H,31,36). The largest absolute Gasteiger partial charge is 0.492 e. The predicted octanol–water partition coefficient (Wildman–Crippen LogP) is 4.00. The Labute approximate surface area is 244 Å². The molecule has 1 saturated heterocycles. The molecule has 1 aromatic heterocycles. The summed E-state index contributed by atoms with van der Waals surface area (Å²) in [5.74, 6) is 0.620. The van der Waals surface area contributed by atoms with Crippen LogP contribution in [0.3, 0.4) is 0 Å². The molecule has 2 aliphatic rings. The number of carbonyl (C=O) groups excluding carboxylic acids is 1. The van der Waals surface area contributed by atoms with E-state index < -0.39 is 10.0 Å². The van der Waals surface area contributed by atoms with E-state index >= 15 is 0 Å². The number of carbonyl (C=O) groups is 1. The number of ether oxygens (including phenoxy) is 1. The van der Waals surface area contributed by atoms with Gasteiger partial charge in [0.05, 0.1) is 21.9 Å². The number of sulfonamides is 1. The number of para-hydroxylation sites is 2. The molecule has 41 heavy (non-hydrogen) atoms. The molecule has 0 spiro atoms. The number of hydrogen-bond donors (Lipinski definition) is 1. The van der Waals surface area contributed by atoms with Gasteiger partial charge in [-0.05, 0) is 61.4 Å². The van der Waals surface area contributed by atoms with E-state index in [0.717, 1.165) is 65.1 Å². The number of piperazine rings is 1. The minimum absolute atomic E-state index is 0.186. The number of aromatic nitrogens is 1. The van der Waals surface area contributed by atoms with E-state index in [9.17, 15) is 13.2 Å². The average Bonchev–Trinajstić information content (AvgIpc) is 3.64. The van der Waals surface area contributed by atoms with E-state index in [4.69, 9.17) is 9.72 Å². The molecule has 0 aliphatic carbocycles. The highest BCUT2D eigenvalue weighted by Gasteiger charge is 2.30. The van der Waals surface area contributed by atoms with Crippen molar-refractivity contribution in [1.29, 1.82) is 0 Å². The summed E-state index contributed by atoms with van der Waals surface area (Å²) in [7, 11) is -3.68. The molecular formula is C30H33N5O4S2. The smallest absolute Gasteiger partial charge is 0.264 e. The monoisotopic (exact) mass is 591 g/mol. The van der Waals surface area contributed by atoms with Gasteiger partial charge < -0.3 is 15.0 Å². The molecule has 6 rings (SSSR count). The number of nitrogens with one attached hydrogen (secondary N) is 1. The minimum Gasteiger partial charge on any atom is -0.492 e. The number of benzene rings is 3. The second kappa shape index (κ2) is 11.7. The van der Waals surface area contributed by atoms with Crippen LogP contribution < -0.4 is 19.3 Å². The molecule has 0 unspecified atom stereocenters. The lowest BCUT2D eigenvalue weighted by molar-refractivity contribution is 0.0947. The summed E-state index contributed by atoms with van der Waals surface area (Å²) in [4.78, 5) is 22.4. The Morgan fingerprint density at radius 2 is 1.76 bits per heavy atom. The maximum absolute atomic E-state index is 13.2. The SMILES string of the molecule is CCOc1cccc2sc(N3CCN(CCNC(=O)c4ccc(S(=O)(=O)N5CCc6ccccc65)cc4)CC3)nc12. The zero-order chi connectivity index (χ0) is 28.4. The topological polar surface area (TPSA) is 95.1 Å². The molecule has 1 N–H and O–H groups in total. The van der Waals surface area contributed by atoms with Crippen LogP contribution in [0.15, 0.2) is 71.6 Å². The van der Waals surface area contributed by atoms with Crippen LogP contribution in [0.1, 0.15) is 22.8 Å². The molecular weight excluding hydrogens is 558 g/mol. The molecule has 11 heteroatoms. The minimum atomic E-state index is -3.68. The zero-order valence-electron chi connectivity index (χ0n) is 23.0. The van der Waals surface area contributed by atoms with Gasteiger partial charge >= 0.3 is 0 Å². The molecule has 9 nitrogen and oxygen atoms in total. The van der Waals surface area contributed by atoms with Crippen molar-refractivity contribution < 1.29 is 17.9 Å². The van der Waals surface area contributed by atoms with Gasteiger partial charge in [-0.1, -0.05) is 35.6 Å². The summed E-state index contributed by atoms with van der Waals surface area (Å²) in [6, 6.07) is 19.8. The van der Waals surface area contributed by atoms with Gasteiger partial charge in [-0.3, -0.25) is 14.0 Å². The van der Waals surface area contributed by atoms with Crippen LogP contribution in [0.5, 0.6) is 5.75 Å². The number of amides is 1. The first-order chi connectivity index (χ1) is 19.9. The van der Waals surface area contributed by atoms with Crippen LogP contribution in [-0.2, 0) is 16.4 Å². The molecule has 1 amide bonds. The molecule has 4 aromatic rings. The summed E-state index contributed by atoms with van der Waals surface area (Å²) in [6.07, 6.45) is 0.697. The molecule has 3 heterocycles. The molecule has 0 atom stereocenters. The maximum atomic E-state index is 13.2. The molecule has 1 fully saturated rings. The van der Waals surface area contributed by atoms with Crippen molar-refractivity contribution in [2.75, 3.05) is 61.6 Å². The van der Waals surface area contributed by atoms with Crippen molar-refractivity contribution >= 4 is 48.3 Å². The first-order valence-corrected chi connectivity index (χ1v) is 16.2. The summed E-state index contributed by atoms with van der Waals surface area (Å²) in [5.41, 5.74) is 3.12. The third-order valence-electron chi connectivity index (χ3n) is 7.58. The van der Waals surface area contributed by atoms with Crippen LogP contribution in [0, 0.1) is 0 Å². The molecule has 0 bridgehead atoms. The highest BCUT2D eigenvalue weighted by molar-refractivity contribution is 7.92. The fourth-order valence-corrected chi connectivity index (χ4v) is 7.91. The van der Waals surface area contributed by atoms with Gasteiger partial charge in [0.25, 0.3) is 15.9 Å². The van der Waals surface area contributed by atoms with Gasteiger partial charge in [-0.2, -0.15) is 0 Å². The van der Waals surface area contributed by atoms with Crippen LogP contribution in [0.2, 0.25) is 0 Å². The molecule has 0 saturated carbocycles. The van der Waals surface area contributed by atoms with Crippen molar-refractivity contribution in [1.82, 2.24) is 15.2 Å². The van der Waals surface area contributed by atoms with Gasteiger partial charge in [0.15, 0.2) is 5.13 Å². The number of rotatable bonds is 9. The van der Waals surface area contributed by atoms with E-state index in [1.54, 1.807) is 23.5 Å². The van der Waals surface area contributed by atoms with Crippen LogP contribution in [-0.4, -0.2) is 76.6 Å². The van der Waals surface area contributed by atoms with Crippen molar-refractivity contribution in [3.05, 3.63) is 77.9 Å².